The van der Waals surface area contributed by atoms with Crippen molar-refractivity contribution in [1.82, 2.24) is 14.1 Å². The molecule has 8 nitrogen and oxygen atoms in total. The van der Waals surface area contributed by atoms with Gasteiger partial charge in [0.15, 0.2) is 5.13 Å². The molecule has 0 aliphatic heterocycles. The Morgan fingerprint density at radius 2 is 1.81 bits per heavy atom. The Kier molecular flexibility index (Phi) is 5.38. The smallest absolute Gasteiger partial charge is 0.326 e. The highest BCUT2D eigenvalue weighted by atomic mass is 32.1. The first kappa shape index (κ1) is 20.5. The monoisotopic (exact) mass is 439 g/mol. The fourth-order valence-corrected chi connectivity index (χ4v) is 3.91. The molecule has 0 saturated carbocycles. The number of amides is 2. The van der Waals surface area contributed by atoms with Crippen LogP contribution in [0.2, 0.25) is 0 Å². The van der Waals surface area contributed by atoms with E-state index in [4.69, 9.17) is 0 Å². The van der Waals surface area contributed by atoms with E-state index in [9.17, 15) is 18.8 Å². The number of anilines is 2. The summed E-state index contributed by atoms with van der Waals surface area (Å²) in [6.45, 7) is 0. The number of imidazole rings is 1. The van der Waals surface area contributed by atoms with Crippen molar-refractivity contribution in [3.05, 3.63) is 75.4 Å². The molecule has 158 valence electrons. The molecule has 0 spiro atoms. The Hall–Kier alpha value is -3.79. The first-order chi connectivity index (χ1) is 14.8. The van der Waals surface area contributed by atoms with Gasteiger partial charge >= 0.3 is 5.69 Å². The van der Waals surface area contributed by atoms with Crippen molar-refractivity contribution in [3.63, 3.8) is 0 Å². The van der Waals surface area contributed by atoms with Gasteiger partial charge in [-0.2, -0.15) is 0 Å². The number of nitrogens with zero attached hydrogens (tertiary/aromatic N) is 3. The summed E-state index contributed by atoms with van der Waals surface area (Å²) >= 11 is 1.15. The standard InChI is InChI=1S/C21H18FN5O3S/c1-26-16-8-7-12(9-17(16)27(2)21(26)30)23-18(28)10-13-11-31-20(24-13)25-19(29)14-5-3-4-6-15(14)22/h3-9,11H,10H2,1-2H3,(H,23,28)(H,24,25,29). The van der Waals surface area contributed by atoms with E-state index in [2.05, 4.69) is 15.6 Å². The molecule has 0 atom stereocenters. The van der Waals surface area contributed by atoms with E-state index in [-0.39, 0.29) is 28.7 Å². The predicted molar refractivity (Wildman–Crippen MR) is 117 cm³/mol. The van der Waals surface area contributed by atoms with Crippen LogP contribution in [-0.2, 0) is 25.3 Å². The van der Waals surface area contributed by atoms with Crippen LogP contribution in [0.4, 0.5) is 15.2 Å². The zero-order chi connectivity index (χ0) is 22.1. The van der Waals surface area contributed by atoms with Crippen molar-refractivity contribution in [2.75, 3.05) is 10.6 Å². The largest absolute Gasteiger partial charge is 0.328 e. The van der Waals surface area contributed by atoms with Crippen molar-refractivity contribution in [3.8, 4) is 0 Å². The number of carbonyl (C=O) groups is 2. The number of fused-ring (bicyclic) bond motifs is 1. The number of rotatable bonds is 5. The second-order valence-corrected chi connectivity index (χ2v) is 7.77. The van der Waals surface area contributed by atoms with Gasteiger partial charge in [0.25, 0.3) is 5.91 Å². The summed E-state index contributed by atoms with van der Waals surface area (Å²) in [7, 11) is 3.36. The third-order valence-corrected chi connectivity index (χ3v) is 5.59. The summed E-state index contributed by atoms with van der Waals surface area (Å²) in [5.74, 6) is -1.52. The van der Waals surface area contributed by atoms with E-state index in [1.807, 2.05) is 0 Å². The van der Waals surface area contributed by atoms with Crippen molar-refractivity contribution < 1.29 is 14.0 Å². The quantitative estimate of drug-likeness (QED) is 0.500. The molecule has 0 fully saturated rings. The van der Waals surface area contributed by atoms with E-state index in [0.717, 1.165) is 16.9 Å². The number of hydrogen-bond donors (Lipinski definition) is 2. The topological polar surface area (TPSA) is 98.0 Å². The van der Waals surface area contributed by atoms with E-state index < -0.39 is 11.7 Å². The Balaban J connectivity index is 1.42. The highest BCUT2D eigenvalue weighted by Gasteiger charge is 2.15. The van der Waals surface area contributed by atoms with Crippen molar-refractivity contribution >= 4 is 45.0 Å². The minimum Gasteiger partial charge on any atom is -0.326 e. The van der Waals surface area contributed by atoms with Gasteiger partial charge in [0.1, 0.15) is 5.82 Å². The van der Waals surface area contributed by atoms with Gasteiger partial charge < -0.3 is 5.32 Å². The van der Waals surface area contributed by atoms with Crippen LogP contribution < -0.4 is 16.3 Å². The Morgan fingerprint density at radius 3 is 2.58 bits per heavy atom. The first-order valence-electron chi connectivity index (χ1n) is 9.29. The Morgan fingerprint density at radius 1 is 1.06 bits per heavy atom. The second kappa shape index (κ2) is 8.15. The number of aryl methyl sites for hydroxylation is 2. The van der Waals surface area contributed by atoms with Crippen molar-refractivity contribution in [2.24, 2.45) is 14.1 Å². The molecular weight excluding hydrogens is 421 g/mol. The molecule has 0 saturated heterocycles. The van der Waals surface area contributed by atoms with Crippen LogP contribution in [0.15, 0.2) is 52.6 Å². The van der Waals surface area contributed by atoms with E-state index in [1.165, 1.54) is 27.3 Å². The van der Waals surface area contributed by atoms with Crippen LogP contribution >= 0.6 is 11.3 Å². The molecule has 0 radical (unpaired) electrons. The molecular formula is C21H18FN5O3S. The summed E-state index contributed by atoms with van der Waals surface area (Å²) in [5.41, 5.74) is 2.27. The average Bonchev–Trinajstić information content (AvgIpc) is 3.26. The first-order valence-corrected chi connectivity index (χ1v) is 10.2. The Labute approximate surface area is 180 Å². The van der Waals surface area contributed by atoms with Crippen LogP contribution in [0.5, 0.6) is 0 Å². The van der Waals surface area contributed by atoms with Crippen LogP contribution in [0.1, 0.15) is 16.1 Å². The normalized spacial score (nSPS) is 10.9. The summed E-state index contributed by atoms with van der Waals surface area (Å²) in [4.78, 5) is 40.8. The highest BCUT2D eigenvalue weighted by molar-refractivity contribution is 7.14. The van der Waals surface area contributed by atoms with E-state index in [1.54, 1.807) is 43.7 Å². The fourth-order valence-electron chi connectivity index (χ4n) is 3.21. The molecule has 10 heteroatoms. The van der Waals surface area contributed by atoms with E-state index >= 15 is 0 Å². The number of hydrogen-bond acceptors (Lipinski definition) is 5. The number of nitrogens with one attached hydrogen (secondary N) is 2. The maximum Gasteiger partial charge on any atom is 0.328 e. The molecule has 2 aromatic carbocycles. The maximum absolute atomic E-state index is 13.7. The molecule has 0 aliphatic carbocycles. The molecule has 4 rings (SSSR count). The van der Waals surface area contributed by atoms with Gasteiger partial charge in [0.2, 0.25) is 5.91 Å². The molecule has 0 unspecified atom stereocenters. The molecule has 31 heavy (non-hydrogen) atoms. The molecule has 0 bridgehead atoms. The number of thiazole rings is 1. The minimum absolute atomic E-state index is 0.00216. The average molecular weight is 439 g/mol. The van der Waals surface area contributed by atoms with Crippen LogP contribution in [0.3, 0.4) is 0 Å². The van der Waals surface area contributed by atoms with Gasteiger partial charge in [-0.25, -0.2) is 14.2 Å². The maximum atomic E-state index is 13.7. The second-order valence-electron chi connectivity index (χ2n) is 6.91. The molecule has 2 heterocycles. The summed E-state index contributed by atoms with van der Waals surface area (Å²) in [6.07, 6.45) is -0.00216. The number of carbonyl (C=O) groups excluding carboxylic acids is 2. The summed E-state index contributed by atoms with van der Waals surface area (Å²) < 4.78 is 16.8. The zero-order valence-corrected chi connectivity index (χ0v) is 17.5. The van der Waals surface area contributed by atoms with Gasteiger partial charge in [-0.05, 0) is 30.3 Å². The minimum atomic E-state index is -0.621. The molecule has 0 aliphatic rings. The van der Waals surface area contributed by atoms with Crippen LogP contribution in [0.25, 0.3) is 11.0 Å². The van der Waals surface area contributed by atoms with Gasteiger partial charge in [-0.15, -0.1) is 11.3 Å². The van der Waals surface area contributed by atoms with E-state index in [0.29, 0.717) is 16.9 Å². The molecule has 2 aromatic heterocycles. The molecule has 4 aromatic rings. The van der Waals surface area contributed by atoms with Gasteiger partial charge in [-0.1, -0.05) is 12.1 Å². The summed E-state index contributed by atoms with van der Waals surface area (Å²) in [5, 5.41) is 7.25. The SMILES string of the molecule is Cn1c(=O)n(C)c2cc(NC(=O)Cc3csc(NC(=O)c4ccccc4F)n3)ccc21. The number of aromatic nitrogens is 3. The lowest BCUT2D eigenvalue weighted by molar-refractivity contribution is -0.115. The summed E-state index contributed by atoms with van der Waals surface area (Å²) in [6, 6.07) is 10.9. The van der Waals surface area contributed by atoms with Crippen molar-refractivity contribution in [2.45, 2.75) is 6.42 Å². The van der Waals surface area contributed by atoms with Gasteiger partial charge in [-0.3, -0.25) is 24.0 Å². The third kappa shape index (κ3) is 4.10. The lowest BCUT2D eigenvalue weighted by Crippen LogP contribution is -2.19. The molecule has 2 amide bonds. The fraction of sp³-hybridized carbons (Fsp3) is 0.143. The predicted octanol–water partition coefficient (Wildman–Crippen LogP) is 2.91. The lowest BCUT2D eigenvalue weighted by atomic mass is 10.2. The van der Waals surface area contributed by atoms with Crippen molar-refractivity contribution in [1.29, 1.82) is 0 Å². The van der Waals surface area contributed by atoms with Crippen LogP contribution in [0, 0.1) is 5.82 Å². The Bertz CT molecular complexity index is 1370. The van der Waals surface area contributed by atoms with Gasteiger partial charge in [0.05, 0.1) is 28.7 Å². The zero-order valence-electron chi connectivity index (χ0n) is 16.7. The number of benzene rings is 2. The highest BCUT2D eigenvalue weighted by Crippen LogP contribution is 2.20. The number of halogens is 1. The van der Waals surface area contributed by atoms with Gasteiger partial charge in [0, 0.05) is 25.2 Å². The lowest BCUT2D eigenvalue weighted by Gasteiger charge is -2.05. The third-order valence-electron chi connectivity index (χ3n) is 4.79. The van der Waals surface area contributed by atoms with Crippen LogP contribution in [-0.4, -0.2) is 25.9 Å². The molecule has 2 N–H and O–H groups in total.